The molecule has 2 heterocycles. The van der Waals surface area contributed by atoms with Crippen molar-refractivity contribution in [1.82, 2.24) is 14.8 Å². The summed E-state index contributed by atoms with van der Waals surface area (Å²) in [4.78, 5) is 20.1. The molecule has 3 aromatic rings. The molecule has 6 heteroatoms. The molecular weight excluding hydrogens is 378 g/mol. The topological polar surface area (TPSA) is 68.8 Å². The Morgan fingerprint density at radius 1 is 1.20 bits per heavy atom. The van der Waals surface area contributed by atoms with E-state index in [2.05, 4.69) is 17.1 Å². The van der Waals surface area contributed by atoms with Crippen molar-refractivity contribution in [3.05, 3.63) is 71.4 Å². The maximum atomic E-state index is 12.8. The zero-order valence-corrected chi connectivity index (χ0v) is 17.4. The molecule has 0 radical (unpaired) electrons. The molecule has 0 fully saturated rings. The smallest absolute Gasteiger partial charge is 0.237 e. The maximum Gasteiger partial charge on any atom is 0.237 e. The molecule has 0 bridgehead atoms. The third kappa shape index (κ3) is 4.90. The number of H-pyrrole nitrogens is 1. The summed E-state index contributed by atoms with van der Waals surface area (Å²) in [5.74, 6) is 0.0887. The van der Waals surface area contributed by atoms with Crippen LogP contribution in [0.2, 0.25) is 0 Å². The Morgan fingerprint density at radius 2 is 1.97 bits per heavy atom. The van der Waals surface area contributed by atoms with Gasteiger partial charge in [0.2, 0.25) is 5.91 Å². The standard InChI is InChI=1S/C24H29N3O3/c1-26(13-19(28)17-30-16-18-7-3-2-4-8-18)15-24(29)27-12-11-23-21(14-27)20-9-5-6-10-22(20)25-23/h2-10,19,25,28H,11-17H2,1H3. The molecule has 0 saturated heterocycles. The van der Waals surface area contributed by atoms with E-state index in [1.807, 2.05) is 59.3 Å². The molecule has 30 heavy (non-hydrogen) atoms. The van der Waals surface area contributed by atoms with Crippen LogP contribution in [-0.4, -0.2) is 65.2 Å². The van der Waals surface area contributed by atoms with Gasteiger partial charge in [-0.2, -0.15) is 0 Å². The minimum absolute atomic E-state index is 0.0887. The molecule has 1 aromatic heterocycles. The Labute approximate surface area is 177 Å². The normalized spacial score (nSPS) is 14.8. The number of nitrogens with one attached hydrogen (secondary N) is 1. The molecule has 4 rings (SSSR count). The summed E-state index contributed by atoms with van der Waals surface area (Å²) in [5.41, 5.74) is 4.67. The first kappa shape index (κ1) is 20.6. The molecule has 0 aliphatic carbocycles. The van der Waals surface area contributed by atoms with E-state index < -0.39 is 6.10 Å². The number of likely N-dealkylation sites (N-methyl/N-ethyl adjacent to an activating group) is 1. The fraction of sp³-hybridized carbons (Fsp3) is 0.375. The predicted octanol–water partition coefficient (Wildman–Crippen LogP) is 2.56. The van der Waals surface area contributed by atoms with Crippen molar-refractivity contribution >= 4 is 16.8 Å². The number of carbonyl (C=O) groups is 1. The summed E-state index contributed by atoms with van der Waals surface area (Å²) in [6, 6.07) is 18.1. The molecule has 1 aliphatic heterocycles. The van der Waals surface area contributed by atoms with Gasteiger partial charge in [0.15, 0.2) is 0 Å². The molecule has 1 aliphatic rings. The molecule has 1 amide bonds. The van der Waals surface area contributed by atoms with Gasteiger partial charge in [0.25, 0.3) is 0 Å². The first-order valence-corrected chi connectivity index (χ1v) is 10.4. The lowest BCUT2D eigenvalue weighted by Crippen LogP contribution is -2.43. The minimum Gasteiger partial charge on any atom is -0.389 e. The van der Waals surface area contributed by atoms with Gasteiger partial charge in [0, 0.05) is 48.2 Å². The number of rotatable bonds is 8. The molecule has 0 saturated carbocycles. The Morgan fingerprint density at radius 3 is 2.80 bits per heavy atom. The number of carbonyl (C=O) groups excluding carboxylic acids is 1. The summed E-state index contributed by atoms with van der Waals surface area (Å²) in [6.45, 7) is 2.75. The molecule has 1 atom stereocenters. The van der Waals surface area contributed by atoms with E-state index in [-0.39, 0.29) is 19.1 Å². The van der Waals surface area contributed by atoms with Crippen molar-refractivity contribution in [1.29, 1.82) is 0 Å². The van der Waals surface area contributed by atoms with E-state index in [4.69, 9.17) is 4.74 Å². The SMILES string of the molecule is CN(CC(=O)N1CCc2[nH]c3ccccc3c2C1)CC(O)COCc1ccccc1. The van der Waals surface area contributed by atoms with Crippen LogP contribution in [0.25, 0.3) is 10.9 Å². The number of nitrogens with zero attached hydrogens (tertiary/aromatic N) is 2. The van der Waals surface area contributed by atoms with Crippen molar-refractivity contribution in [2.45, 2.75) is 25.7 Å². The van der Waals surface area contributed by atoms with Crippen molar-refractivity contribution in [2.24, 2.45) is 0 Å². The van der Waals surface area contributed by atoms with Gasteiger partial charge in [-0.25, -0.2) is 0 Å². The Balaban J connectivity index is 1.24. The number of hydrogen-bond acceptors (Lipinski definition) is 4. The zero-order valence-electron chi connectivity index (χ0n) is 17.4. The van der Waals surface area contributed by atoms with E-state index in [0.29, 0.717) is 19.7 Å². The Bertz CT molecular complexity index is 986. The van der Waals surface area contributed by atoms with E-state index in [1.165, 1.54) is 16.6 Å². The van der Waals surface area contributed by atoms with E-state index >= 15 is 0 Å². The van der Waals surface area contributed by atoms with Crippen LogP contribution in [0.1, 0.15) is 16.8 Å². The van der Waals surface area contributed by atoms with Crippen LogP contribution in [0.15, 0.2) is 54.6 Å². The van der Waals surface area contributed by atoms with Gasteiger partial charge in [0.05, 0.1) is 25.9 Å². The highest BCUT2D eigenvalue weighted by atomic mass is 16.5. The summed E-state index contributed by atoms with van der Waals surface area (Å²) in [5, 5.41) is 11.4. The average molecular weight is 408 g/mol. The Kier molecular flexibility index (Phi) is 6.47. The number of amides is 1. The summed E-state index contributed by atoms with van der Waals surface area (Å²) in [6.07, 6.45) is 0.211. The van der Waals surface area contributed by atoms with E-state index in [0.717, 1.165) is 24.0 Å². The number of benzene rings is 2. The third-order valence-electron chi connectivity index (χ3n) is 5.58. The fourth-order valence-electron chi connectivity index (χ4n) is 4.07. The van der Waals surface area contributed by atoms with Gasteiger partial charge in [-0.1, -0.05) is 48.5 Å². The summed E-state index contributed by atoms with van der Waals surface area (Å²) < 4.78 is 5.60. The quantitative estimate of drug-likeness (QED) is 0.602. The number of aromatic amines is 1. The van der Waals surface area contributed by atoms with Crippen LogP contribution >= 0.6 is 0 Å². The maximum absolute atomic E-state index is 12.8. The van der Waals surface area contributed by atoms with Crippen LogP contribution in [0.5, 0.6) is 0 Å². The highest BCUT2D eigenvalue weighted by Gasteiger charge is 2.24. The first-order valence-electron chi connectivity index (χ1n) is 10.4. The molecule has 158 valence electrons. The van der Waals surface area contributed by atoms with E-state index in [1.54, 1.807) is 0 Å². The van der Waals surface area contributed by atoms with Crippen LogP contribution in [0, 0.1) is 0 Å². The zero-order chi connectivity index (χ0) is 20.9. The number of hydrogen-bond donors (Lipinski definition) is 2. The van der Waals surface area contributed by atoms with Gasteiger partial charge in [-0.3, -0.25) is 9.69 Å². The number of aliphatic hydroxyl groups excluding tert-OH is 1. The van der Waals surface area contributed by atoms with Crippen molar-refractivity contribution < 1.29 is 14.6 Å². The van der Waals surface area contributed by atoms with Crippen LogP contribution in [0.3, 0.4) is 0 Å². The molecular formula is C24H29N3O3. The first-order chi connectivity index (χ1) is 14.6. The van der Waals surface area contributed by atoms with Gasteiger partial charge in [0.1, 0.15) is 0 Å². The van der Waals surface area contributed by atoms with Gasteiger partial charge in [-0.15, -0.1) is 0 Å². The Hall–Kier alpha value is -2.67. The number of fused-ring (bicyclic) bond motifs is 3. The average Bonchev–Trinajstić information content (AvgIpc) is 3.12. The lowest BCUT2D eigenvalue weighted by Gasteiger charge is -2.29. The minimum atomic E-state index is -0.631. The molecule has 0 spiro atoms. The van der Waals surface area contributed by atoms with Crippen molar-refractivity contribution in [3.8, 4) is 0 Å². The highest BCUT2D eigenvalue weighted by Crippen LogP contribution is 2.27. The van der Waals surface area contributed by atoms with E-state index in [9.17, 15) is 9.90 Å². The largest absolute Gasteiger partial charge is 0.389 e. The van der Waals surface area contributed by atoms with Crippen molar-refractivity contribution in [3.63, 3.8) is 0 Å². The second-order valence-electron chi connectivity index (χ2n) is 8.04. The third-order valence-corrected chi connectivity index (χ3v) is 5.58. The molecule has 6 nitrogen and oxygen atoms in total. The molecule has 1 unspecified atom stereocenters. The van der Waals surface area contributed by atoms with Gasteiger partial charge >= 0.3 is 0 Å². The second-order valence-corrected chi connectivity index (χ2v) is 8.04. The lowest BCUT2D eigenvalue weighted by atomic mass is 10.0. The number of aliphatic hydroxyl groups is 1. The number of aromatic nitrogens is 1. The second kappa shape index (κ2) is 9.43. The van der Waals surface area contributed by atoms with Gasteiger partial charge in [-0.05, 0) is 18.7 Å². The number of para-hydroxylation sites is 1. The monoisotopic (exact) mass is 407 g/mol. The summed E-state index contributed by atoms with van der Waals surface area (Å²) in [7, 11) is 1.86. The lowest BCUT2D eigenvalue weighted by molar-refractivity contribution is -0.133. The molecule has 2 N–H and O–H groups in total. The number of ether oxygens (including phenoxy) is 1. The predicted molar refractivity (Wildman–Crippen MR) is 117 cm³/mol. The highest BCUT2D eigenvalue weighted by molar-refractivity contribution is 5.86. The van der Waals surface area contributed by atoms with Crippen LogP contribution in [0.4, 0.5) is 0 Å². The van der Waals surface area contributed by atoms with Gasteiger partial charge < -0.3 is 19.7 Å². The summed E-state index contributed by atoms with van der Waals surface area (Å²) >= 11 is 0. The fourth-order valence-corrected chi connectivity index (χ4v) is 4.07. The van der Waals surface area contributed by atoms with Crippen LogP contribution < -0.4 is 0 Å². The molecule has 2 aromatic carbocycles. The van der Waals surface area contributed by atoms with Crippen molar-refractivity contribution in [2.75, 3.05) is 33.3 Å². The van der Waals surface area contributed by atoms with Crippen LogP contribution in [-0.2, 0) is 29.1 Å².